The first kappa shape index (κ1) is 15.1. The van der Waals surface area contributed by atoms with E-state index in [0.717, 1.165) is 33.6 Å². The fraction of sp³-hybridized carbons (Fsp3) is 0.118. The molecule has 0 fully saturated rings. The van der Waals surface area contributed by atoms with Crippen molar-refractivity contribution in [3.8, 4) is 5.75 Å². The molecule has 21 heavy (non-hydrogen) atoms. The largest absolute Gasteiger partial charge is 0.489 e. The molecule has 3 rings (SSSR count). The number of para-hydroxylation sites is 1. The van der Waals surface area contributed by atoms with Crippen LogP contribution in [0.15, 0.2) is 54.6 Å². The third-order valence-corrected chi connectivity index (χ3v) is 3.20. The van der Waals surface area contributed by atoms with Gasteiger partial charge >= 0.3 is 0 Å². The molecule has 0 atom stereocenters. The molecule has 0 bridgehead atoms. The van der Waals surface area contributed by atoms with E-state index < -0.39 is 0 Å². The summed E-state index contributed by atoms with van der Waals surface area (Å²) in [6.07, 6.45) is 0. The monoisotopic (exact) mass is 300 g/mol. The molecule has 4 heteroatoms. The second kappa shape index (κ2) is 6.46. The van der Waals surface area contributed by atoms with Crippen LogP contribution in [0.1, 0.15) is 11.3 Å². The Labute approximate surface area is 130 Å². The van der Waals surface area contributed by atoms with E-state index in [1.165, 1.54) is 0 Å². The molecule has 3 aromatic rings. The molecule has 0 radical (unpaired) electrons. The van der Waals surface area contributed by atoms with E-state index in [-0.39, 0.29) is 12.4 Å². The van der Waals surface area contributed by atoms with Crippen LogP contribution >= 0.6 is 12.4 Å². The fourth-order valence-corrected chi connectivity index (χ4v) is 2.24. The van der Waals surface area contributed by atoms with Crippen molar-refractivity contribution >= 4 is 29.0 Å². The molecule has 1 aromatic heterocycles. The summed E-state index contributed by atoms with van der Waals surface area (Å²) < 4.78 is 5.83. The number of rotatable bonds is 3. The molecule has 2 N–H and O–H groups in total. The maximum Gasteiger partial charge on any atom is 0.119 e. The number of pyridine rings is 1. The molecule has 0 saturated carbocycles. The summed E-state index contributed by atoms with van der Waals surface area (Å²) in [5, 5.41) is 1.13. The van der Waals surface area contributed by atoms with Crippen LogP contribution in [0.25, 0.3) is 10.9 Å². The van der Waals surface area contributed by atoms with Crippen molar-refractivity contribution in [3.05, 3.63) is 65.9 Å². The molecule has 0 unspecified atom stereocenters. The van der Waals surface area contributed by atoms with Gasteiger partial charge in [-0.2, -0.15) is 0 Å². The van der Waals surface area contributed by atoms with Gasteiger partial charge in [-0.15, -0.1) is 12.4 Å². The Kier molecular flexibility index (Phi) is 4.66. The Balaban J connectivity index is 0.00000161. The van der Waals surface area contributed by atoms with Gasteiger partial charge in [0.1, 0.15) is 12.4 Å². The van der Waals surface area contributed by atoms with Crippen molar-refractivity contribution in [2.24, 2.45) is 0 Å². The highest BCUT2D eigenvalue weighted by Gasteiger charge is 2.04. The van der Waals surface area contributed by atoms with Crippen LogP contribution in [0.2, 0.25) is 0 Å². The van der Waals surface area contributed by atoms with Gasteiger partial charge in [0.05, 0.1) is 5.52 Å². The number of ether oxygens (including phenoxy) is 1. The van der Waals surface area contributed by atoms with Crippen LogP contribution in [0.4, 0.5) is 5.69 Å². The van der Waals surface area contributed by atoms with Crippen LogP contribution in [-0.2, 0) is 6.61 Å². The Bertz CT molecular complexity index is 741. The standard InChI is InChI=1S/C17H16N2O.ClH/c1-12-10-13(16-4-2-3-5-17(16)19-12)11-20-15-8-6-14(18)7-9-15;/h2-10H,11,18H2,1H3;1H. The Hall–Kier alpha value is -2.26. The Morgan fingerprint density at radius 1 is 1.05 bits per heavy atom. The number of halogens is 1. The number of hydrogen-bond acceptors (Lipinski definition) is 3. The van der Waals surface area contributed by atoms with Crippen LogP contribution in [0.5, 0.6) is 5.75 Å². The zero-order valence-corrected chi connectivity index (χ0v) is 12.6. The van der Waals surface area contributed by atoms with Crippen molar-refractivity contribution in [2.75, 3.05) is 5.73 Å². The number of nitrogens with zero attached hydrogens (tertiary/aromatic N) is 1. The number of aryl methyl sites for hydroxylation is 1. The highest BCUT2D eigenvalue weighted by atomic mass is 35.5. The van der Waals surface area contributed by atoms with Gasteiger partial charge in [0, 0.05) is 22.3 Å². The van der Waals surface area contributed by atoms with Crippen LogP contribution in [0, 0.1) is 6.92 Å². The van der Waals surface area contributed by atoms with Crippen molar-refractivity contribution in [1.29, 1.82) is 0 Å². The van der Waals surface area contributed by atoms with Crippen molar-refractivity contribution in [1.82, 2.24) is 4.98 Å². The molecule has 0 spiro atoms. The molecule has 3 nitrogen and oxygen atoms in total. The average molecular weight is 301 g/mol. The summed E-state index contributed by atoms with van der Waals surface area (Å²) in [6, 6.07) is 17.6. The number of aromatic nitrogens is 1. The Morgan fingerprint density at radius 3 is 2.52 bits per heavy atom. The topological polar surface area (TPSA) is 48.1 Å². The summed E-state index contributed by atoms with van der Waals surface area (Å²) >= 11 is 0. The lowest BCUT2D eigenvalue weighted by atomic mass is 10.1. The van der Waals surface area contributed by atoms with E-state index in [1.807, 2.05) is 49.4 Å². The number of benzene rings is 2. The molecule has 0 aliphatic carbocycles. The van der Waals surface area contributed by atoms with Gasteiger partial charge < -0.3 is 10.5 Å². The van der Waals surface area contributed by atoms with Crippen molar-refractivity contribution in [3.63, 3.8) is 0 Å². The summed E-state index contributed by atoms with van der Waals surface area (Å²) in [5.41, 5.74) is 9.55. The maximum atomic E-state index is 5.83. The van der Waals surface area contributed by atoms with E-state index in [4.69, 9.17) is 10.5 Å². The van der Waals surface area contributed by atoms with E-state index in [2.05, 4.69) is 17.1 Å². The lowest BCUT2D eigenvalue weighted by Crippen LogP contribution is -1.99. The number of anilines is 1. The molecule has 1 heterocycles. The zero-order chi connectivity index (χ0) is 13.9. The van der Waals surface area contributed by atoms with Gasteiger partial charge in [-0.05, 0) is 43.3 Å². The number of nitrogen functional groups attached to an aromatic ring is 1. The second-order valence-electron chi connectivity index (χ2n) is 4.80. The molecule has 0 aliphatic rings. The van der Waals surface area contributed by atoms with Crippen LogP contribution in [0.3, 0.4) is 0 Å². The SMILES string of the molecule is Cc1cc(COc2ccc(N)cc2)c2ccccc2n1.Cl. The van der Waals surface area contributed by atoms with E-state index in [9.17, 15) is 0 Å². The van der Waals surface area contributed by atoms with E-state index >= 15 is 0 Å². The van der Waals surface area contributed by atoms with Gasteiger partial charge in [0.15, 0.2) is 0 Å². The summed E-state index contributed by atoms with van der Waals surface area (Å²) in [5.74, 6) is 0.817. The van der Waals surface area contributed by atoms with Crippen molar-refractivity contribution < 1.29 is 4.74 Å². The maximum absolute atomic E-state index is 5.83. The minimum atomic E-state index is 0. The highest BCUT2D eigenvalue weighted by Crippen LogP contribution is 2.21. The van der Waals surface area contributed by atoms with Gasteiger partial charge in [0.25, 0.3) is 0 Å². The third kappa shape index (κ3) is 3.44. The van der Waals surface area contributed by atoms with E-state index in [1.54, 1.807) is 0 Å². The molecule has 0 aliphatic heterocycles. The van der Waals surface area contributed by atoms with Gasteiger partial charge in [0.2, 0.25) is 0 Å². The normalized spacial score (nSPS) is 10.1. The second-order valence-corrected chi connectivity index (χ2v) is 4.80. The summed E-state index contributed by atoms with van der Waals surface area (Å²) in [7, 11) is 0. The van der Waals surface area contributed by atoms with Gasteiger partial charge in [-0.1, -0.05) is 18.2 Å². The molecular weight excluding hydrogens is 284 g/mol. The summed E-state index contributed by atoms with van der Waals surface area (Å²) in [4.78, 5) is 4.53. The smallest absolute Gasteiger partial charge is 0.119 e. The first-order valence-corrected chi connectivity index (χ1v) is 6.56. The lowest BCUT2D eigenvalue weighted by molar-refractivity contribution is 0.307. The first-order valence-electron chi connectivity index (χ1n) is 6.56. The number of hydrogen-bond donors (Lipinski definition) is 1. The quantitative estimate of drug-likeness (QED) is 0.740. The number of nitrogens with two attached hydrogens (primary N) is 1. The predicted octanol–water partition coefficient (Wildman–Crippen LogP) is 4.13. The zero-order valence-electron chi connectivity index (χ0n) is 11.7. The highest BCUT2D eigenvalue weighted by molar-refractivity contribution is 5.85. The average Bonchev–Trinajstić information content (AvgIpc) is 2.46. The fourth-order valence-electron chi connectivity index (χ4n) is 2.24. The minimum absolute atomic E-state index is 0. The third-order valence-electron chi connectivity index (χ3n) is 3.20. The molecule has 0 saturated heterocycles. The first-order chi connectivity index (χ1) is 9.72. The Morgan fingerprint density at radius 2 is 1.76 bits per heavy atom. The van der Waals surface area contributed by atoms with E-state index in [0.29, 0.717) is 6.61 Å². The predicted molar refractivity (Wildman–Crippen MR) is 88.9 cm³/mol. The summed E-state index contributed by atoms with van der Waals surface area (Å²) in [6.45, 7) is 2.52. The molecule has 0 amide bonds. The number of fused-ring (bicyclic) bond motifs is 1. The lowest BCUT2D eigenvalue weighted by Gasteiger charge is -2.10. The van der Waals surface area contributed by atoms with Gasteiger partial charge in [-0.25, -0.2) is 0 Å². The van der Waals surface area contributed by atoms with Crippen LogP contribution < -0.4 is 10.5 Å². The molecule has 2 aromatic carbocycles. The van der Waals surface area contributed by atoms with Crippen molar-refractivity contribution in [2.45, 2.75) is 13.5 Å². The van der Waals surface area contributed by atoms with Crippen LogP contribution in [-0.4, -0.2) is 4.98 Å². The molecular formula is C17H17ClN2O. The minimum Gasteiger partial charge on any atom is -0.489 e. The molecule has 108 valence electrons. The van der Waals surface area contributed by atoms with Gasteiger partial charge in [-0.3, -0.25) is 4.98 Å².